The molecule has 7 heteroatoms. The molecule has 0 bridgehead atoms. The van der Waals surface area contributed by atoms with E-state index in [0.29, 0.717) is 6.54 Å². The van der Waals surface area contributed by atoms with Crippen molar-refractivity contribution in [1.82, 2.24) is 20.7 Å². The molecule has 0 unspecified atom stereocenters. The molecule has 3 rings (SSSR count). The van der Waals surface area contributed by atoms with E-state index in [4.69, 9.17) is 4.52 Å². The Bertz CT molecular complexity index is 773. The number of aryl methyl sites for hydroxylation is 2. The standard InChI is InChI=1S/C24H37N5O.HI/c1-4-22-21(23(5-2)30-28-22)17-27-24(25-3)26-16-19-10-12-20(13-11-19)18-29-14-8-6-7-9-15-29;/h10-13H,4-9,14-18H2,1-3H3,(H2,25,26,27);1H. The SMILES string of the molecule is CCc1noc(CC)c1CNC(=NC)NCc1ccc(CN2CCCCCC2)cc1.I. The molecule has 1 saturated heterocycles. The van der Waals surface area contributed by atoms with Gasteiger partial charge in [-0.3, -0.25) is 9.89 Å². The van der Waals surface area contributed by atoms with Gasteiger partial charge in [0.2, 0.25) is 0 Å². The number of hydrogen-bond acceptors (Lipinski definition) is 4. The average Bonchev–Trinajstić information content (AvgIpc) is 3.00. The lowest BCUT2D eigenvalue weighted by molar-refractivity contribution is 0.277. The minimum absolute atomic E-state index is 0. The fraction of sp³-hybridized carbons (Fsp3) is 0.583. The minimum atomic E-state index is 0. The molecular weight excluding hydrogens is 501 g/mol. The van der Waals surface area contributed by atoms with Gasteiger partial charge in [-0.05, 0) is 43.5 Å². The normalized spacial score (nSPS) is 15.3. The minimum Gasteiger partial charge on any atom is -0.361 e. The highest BCUT2D eigenvalue weighted by atomic mass is 127. The Hall–Kier alpha value is -1.61. The summed E-state index contributed by atoms with van der Waals surface area (Å²) in [5.74, 6) is 1.74. The number of benzene rings is 1. The number of likely N-dealkylation sites (tertiary alicyclic amines) is 1. The van der Waals surface area contributed by atoms with Gasteiger partial charge in [-0.1, -0.05) is 56.1 Å². The Morgan fingerprint density at radius 3 is 2.23 bits per heavy atom. The molecule has 2 aromatic rings. The zero-order chi connectivity index (χ0) is 21.2. The third kappa shape index (κ3) is 7.79. The predicted molar refractivity (Wildman–Crippen MR) is 138 cm³/mol. The number of nitrogens with one attached hydrogen (secondary N) is 2. The number of aliphatic imine (C=N–C) groups is 1. The number of rotatable bonds is 8. The van der Waals surface area contributed by atoms with Gasteiger partial charge < -0.3 is 15.2 Å². The van der Waals surface area contributed by atoms with Gasteiger partial charge >= 0.3 is 0 Å². The van der Waals surface area contributed by atoms with Gasteiger partial charge in [0, 0.05) is 38.7 Å². The van der Waals surface area contributed by atoms with Crippen LogP contribution < -0.4 is 10.6 Å². The van der Waals surface area contributed by atoms with Gasteiger partial charge in [0.05, 0.1) is 5.69 Å². The lowest BCUT2D eigenvalue weighted by atomic mass is 10.1. The highest BCUT2D eigenvalue weighted by Crippen LogP contribution is 2.16. The second kappa shape index (κ2) is 13.7. The van der Waals surface area contributed by atoms with E-state index in [2.05, 4.69) is 63.8 Å². The summed E-state index contributed by atoms with van der Waals surface area (Å²) in [5.41, 5.74) is 4.83. The quantitative estimate of drug-likeness (QED) is 0.290. The van der Waals surface area contributed by atoms with Crippen LogP contribution in [0, 0.1) is 0 Å². The zero-order valence-electron chi connectivity index (χ0n) is 19.2. The Morgan fingerprint density at radius 2 is 1.61 bits per heavy atom. The Morgan fingerprint density at radius 1 is 0.968 bits per heavy atom. The van der Waals surface area contributed by atoms with Crippen molar-refractivity contribution in [3.8, 4) is 0 Å². The first-order valence-electron chi connectivity index (χ1n) is 11.4. The van der Waals surface area contributed by atoms with Gasteiger partial charge in [-0.25, -0.2) is 0 Å². The number of halogens is 1. The molecule has 1 fully saturated rings. The van der Waals surface area contributed by atoms with Crippen molar-refractivity contribution in [2.24, 2.45) is 4.99 Å². The summed E-state index contributed by atoms with van der Waals surface area (Å²) in [7, 11) is 1.80. The first kappa shape index (κ1) is 25.6. The highest BCUT2D eigenvalue weighted by molar-refractivity contribution is 14.0. The maximum atomic E-state index is 5.45. The molecule has 0 spiro atoms. The van der Waals surface area contributed by atoms with Crippen molar-refractivity contribution in [2.45, 2.75) is 72.0 Å². The van der Waals surface area contributed by atoms with E-state index in [9.17, 15) is 0 Å². The largest absolute Gasteiger partial charge is 0.361 e. The molecule has 172 valence electrons. The molecule has 6 nitrogen and oxygen atoms in total. The predicted octanol–water partition coefficient (Wildman–Crippen LogP) is 4.66. The van der Waals surface area contributed by atoms with Crippen LogP contribution in [0.5, 0.6) is 0 Å². The van der Waals surface area contributed by atoms with Gasteiger partial charge in [0.15, 0.2) is 5.96 Å². The fourth-order valence-corrected chi connectivity index (χ4v) is 4.03. The maximum absolute atomic E-state index is 5.45. The van der Waals surface area contributed by atoms with Gasteiger partial charge in [-0.2, -0.15) is 0 Å². The second-order valence-corrected chi connectivity index (χ2v) is 8.02. The van der Waals surface area contributed by atoms with Crippen LogP contribution in [0.1, 0.15) is 67.7 Å². The van der Waals surface area contributed by atoms with Gasteiger partial charge in [-0.15, -0.1) is 24.0 Å². The lowest BCUT2D eigenvalue weighted by Crippen LogP contribution is -2.36. The molecule has 0 radical (unpaired) electrons. The summed E-state index contributed by atoms with van der Waals surface area (Å²) in [6.45, 7) is 9.14. The van der Waals surface area contributed by atoms with Crippen molar-refractivity contribution < 1.29 is 4.52 Å². The molecule has 1 aliphatic heterocycles. The highest BCUT2D eigenvalue weighted by Gasteiger charge is 2.14. The summed E-state index contributed by atoms with van der Waals surface area (Å²) in [5, 5.41) is 11.0. The number of hydrogen-bond donors (Lipinski definition) is 2. The molecule has 0 atom stereocenters. The number of nitrogens with zero attached hydrogens (tertiary/aromatic N) is 3. The van der Waals surface area contributed by atoms with E-state index in [1.807, 2.05) is 0 Å². The maximum Gasteiger partial charge on any atom is 0.191 e. The van der Waals surface area contributed by atoms with Crippen LogP contribution in [0.2, 0.25) is 0 Å². The monoisotopic (exact) mass is 539 g/mol. The summed E-state index contributed by atoms with van der Waals surface area (Å²) in [6.07, 6.45) is 7.15. The molecule has 31 heavy (non-hydrogen) atoms. The molecule has 1 aliphatic rings. The van der Waals surface area contributed by atoms with Crippen LogP contribution in [0.3, 0.4) is 0 Å². The molecule has 2 N–H and O–H groups in total. The van der Waals surface area contributed by atoms with Crippen molar-refractivity contribution in [3.05, 3.63) is 52.4 Å². The zero-order valence-corrected chi connectivity index (χ0v) is 21.6. The van der Waals surface area contributed by atoms with Crippen LogP contribution in [-0.4, -0.2) is 36.2 Å². The molecule has 1 aromatic heterocycles. The number of aromatic nitrogens is 1. The van der Waals surface area contributed by atoms with Gasteiger partial charge in [0.25, 0.3) is 0 Å². The third-order valence-electron chi connectivity index (χ3n) is 5.85. The van der Waals surface area contributed by atoms with Crippen LogP contribution in [0.25, 0.3) is 0 Å². The number of guanidine groups is 1. The van der Waals surface area contributed by atoms with Crippen molar-refractivity contribution >= 4 is 29.9 Å². The lowest BCUT2D eigenvalue weighted by Gasteiger charge is -2.20. The van der Waals surface area contributed by atoms with E-state index in [0.717, 1.165) is 48.9 Å². The van der Waals surface area contributed by atoms with E-state index in [-0.39, 0.29) is 24.0 Å². The fourth-order valence-electron chi connectivity index (χ4n) is 4.03. The second-order valence-electron chi connectivity index (χ2n) is 8.02. The van der Waals surface area contributed by atoms with Crippen LogP contribution in [0.15, 0.2) is 33.8 Å². The van der Waals surface area contributed by atoms with E-state index in [1.165, 1.54) is 49.9 Å². The molecule has 0 aliphatic carbocycles. The molecule has 2 heterocycles. The topological polar surface area (TPSA) is 65.7 Å². The van der Waals surface area contributed by atoms with Crippen molar-refractivity contribution in [1.29, 1.82) is 0 Å². The van der Waals surface area contributed by atoms with E-state index < -0.39 is 0 Å². The molecule has 0 saturated carbocycles. The first-order valence-corrected chi connectivity index (χ1v) is 11.4. The van der Waals surface area contributed by atoms with E-state index in [1.54, 1.807) is 7.05 Å². The average molecular weight is 540 g/mol. The van der Waals surface area contributed by atoms with Crippen LogP contribution in [0.4, 0.5) is 0 Å². The van der Waals surface area contributed by atoms with Crippen molar-refractivity contribution in [2.75, 3.05) is 20.1 Å². The molecule has 1 aromatic carbocycles. The van der Waals surface area contributed by atoms with Crippen molar-refractivity contribution in [3.63, 3.8) is 0 Å². The summed E-state index contributed by atoms with van der Waals surface area (Å²) >= 11 is 0. The smallest absolute Gasteiger partial charge is 0.191 e. The molecular formula is C24H38IN5O. The Balaban J connectivity index is 0.00000341. The Labute approximate surface area is 204 Å². The van der Waals surface area contributed by atoms with E-state index >= 15 is 0 Å². The van der Waals surface area contributed by atoms with Crippen LogP contribution in [-0.2, 0) is 32.5 Å². The van der Waals surface area contributed by atoms with Crippen LogP contribution >= 0.6 is 24.0 Å². The summed E-state index contributed by atoms with van der Waals surface area (Å²) < 4.78 is 5.45. The van der Waals surface area contributed by atoms with Gasteiger partial charge in [0.1, 0.15) is 5.76 Å². The summed E-state index contributed by atoms with van der Waals surface area (Å²) in [6, 6.07) is 8.96. The third-order valence-corrected chi connectivity index (χ3v) is 5.85. The summed E-state index contributed by atoms with van der Waals surface area (Å²) in [4.78, 5) is 6.94. The first-order chi connectivity index (χ1) is 14.7. The Kier molecular flexibility index (Phi) is 11.4. The molecule has 0 amide bonds.